The van der Waals surface area contributed by atoms with Crippen LogP contribution < -0.4 is 34.7 Å². The SMILES string of the molecule is CCCC(=O)[O-].[Cl][Ce]([Cl])[Cl].[Na+]. The Morgan fingerprint density at radius 3 is 1.73 bits per heavy atom. The molecule has 0 unspecified atom stereocenters. The number of carbonyl (C=O) groups is 1. The quantitative estimate of drug-likeness (QED) is 0.572. The Bertz CT molecular complexity index is 90.7. The van der Waals surface area contributed by atoms with Gasteiger partial charge in [0.05, 0.1) is 0 Å². The van der Waals surface area contributed by atoms with Crippen molar-refractivity contribution < 1.29 is 70.1 Å². The molecule has 0 aliphatic carbocycles. The van der Waals surface area contributed by atoms with Crippen LogP contribution in [0, 0.1) is 30.7 Å². The summed E-state index contributed by atoms with van der Waals surface area (Å²) in [6.07, 6.45) is 0.850. The van der Waals surface area contributed by atoms with Crippen molar-refractivity contribution in [2.24, 2.45) is 0 Å². The van der Waals surface area contributed by atoms with Crippen LogP contribution in [0.2, 0.25) is 0 Å². The first-order valence-electron chi connectivity index (χ1n) is 2.54. The molecule has 0 N–H and O–H groups in total. The molecular formula is C4H7CeCl3NaO2. The van der Waals surface area contributed by atoms with E-state index in [1.165, 1.54) is 0 Å². The molecule has 0 aromatic carbocycles. The van der Waals surface area contributed by atoms with Gasteiger partial charge in [-0.15, -0.1) is 0 Å². The van der Waals surface area contributed by atoms with E-state index in [0.717, 1.165) is 0 Å². The van der Waals surface area contributed by atoms with Crippen LogP contribution >= 0.6 is 16.9 Å². The number of hydrogen-bond donors (Lipinski definition) is 0. The number of rotatable bonds is 2. The molecule has 61 valence electrons. The van der Waals surface area contributed by atoms with Gasteiger partial charge in [-0.25, -0.2) is 0 Å². The standard InChI is InChI=1S/C4H8O2.Ce.3ClH.Na/c1-2-3-4(5)6;;;;;/h2-3H2,1H3,(H,5,6);;3*1H;/q;+3;;;;+1/p-4. The van der Waals surface area contributed by atoms with Crippen molar-refractivity contribution in [2.75, 3.05) is 0 Å². The minimum Gasteiger partial charge on any atom is 1.00 e. The van der Waals surface area contributed by atoms with E-state index < -0.39 is 36.6 Å². The fourth-order valence-corrected chi connectivity index (χ4v) is 0.204. The molecule has 0 rings (SSSR count). The van der Waals surface area contributed by atoms with Crippen molar-refractivity contribution in [1.29, 1.82) is 0 Å². The molecule has 11 heavy (non-hydrogen) atoms. The maximum atomic E-state index is 9.49. The van der Waals surface area contributed by atoms with E-state index in [4.69, 9.17) is 16.9 Å². The predicted octanol–water partition coefficient (Wildman–Crippen LogP) is -1.39. The van der Waals surface area contributed by atoms with Crippen molar-refractivity contribution in [2.45, 2.75) is 19.8 Å². The van der Waals surface area contributed by atoms with Gasteiger partial charge in [-0.05, 0) is 6.42 Å². The van der Waals surface area contributed by atoms with Crippen LogP contribution in [0.1, 0.15) is 19.8 Å². The van der Waals surface area contributed by atoms with Gasteiger partial charge in [-0.1, -0.05) is 13.3 Å². The van der Waals surface area contributed by atoms with Gasteiger partial charge >= 0.3 is 77.1 Å². The summed E-state index contributed by atoms with van der Waals surface area (Å²) < 4.78 is 0. The Hall–Kier alpha value is 2.72. The van der Waals surface area contributed by atoms with Gasteiger partial charge in [-0.3, -0.25) is 0 Å². The van der Waals surface area contributed by atoms with Crippen LogP contribution in [-0.2, 0) is 4.79 Å². The zero-order valence-corrected chi connectivity index (χ0v) is 13.8. The van der Waals surface area contributed by atoms with Crippen LogP contribution in [0.5, 0.6) is 0 Å². The van der Waals surface area contributed by atoms with Gasteiger partial charge in [0.15, 0.2) is 0 Å². The molecule has 0 amide bonds. The van der Waals surface area contributed by atoms with E-state index in [1.54, 1.807) is 6.92 Å². The Morgan fingerprint density at radius 1 is 1.45 bits per heavy atom. The van der Waals surface area contributed by atoms with Crippen LogP contribution in [-0.4, -0.2) is 5.97 Å². The van der Waals surface area contributed by atoms with Gasteiger partial charge in [0, 0.05) is 5.97 Å². The van der Waals surface area contributed by atoms with Crippen LogP contribution in [0.4, 0.5) is 0 Å². The van der Waals surface area contributed by atoms with E-state index in [0.29, 0.717) is 6.42 Å². The third kappa shape index (κ3) is 44.7. The van der Waals surface area contributed by atoms with Crippen molar-refractivity contribution in [3.05, 3.63) is 0 Å². The van der Waals surface area contributed by atoms with Crippen molar-refractivity contribution in [3.8, 4) is 0 Å². The topological polar surface area (TPSA) is 40.1 Å². The largest absolute Gasteiger partial charge is 1.00 e. The molecule has 0 radical (unpaired) electrons. The fourth-order valence-electron chi connectivity index (χ4n) is 0.204. The summed E-state index contributed by atoms with van der Waals surface area (Å²) in [5, 5.41) is 9.49. The minimum atomic E-state index is -2.24. The zero-order valence-electron chi connectivity index (χ0n) is 6.36. The third-order valence-corrected chi connectivity index (χ3v) is 0.454. The van der Waals surface area contributed by atoms with Crippen molar-refractivity contribution in [3.63, 3.8) is 0 Å². The van der Waals surface area contributed by atoms with Gasteiger partial charge in [0.1, 0.15) is 0 Å². The van der Waals surface area contributed by atoms with Crippen molar-refractivity contribution in [1.82, 2.24) is 0 Å². The summed E-state index contributed by atoms with van der Waals surface area (Å²) in [5.74, 6) is -0.961. The van der Waals surface area contributed by atoms with Gasteiger partial charge in [0.25, 0.3) is 0 Å². The maximum absolute atomic E-state index is 9.49. The van der Waals surface area contributed by atoms with E-state index in [-0.39, 0.29) is 36.0 Å². The molecule has 7 heteroatoms. The summed E-state index contributed by atoms with van der Waals surface area (Å²) >= 11 is -2.24. The summed E-state index contributed by atoms with van der Waals surface area (Å²) in [5.41, 5.74) is 15.1. The van der Waals surface area contributed by atoms with E-state index >= 15 is 0 Å². The minimum absolute atomic E-state index is 0. The Kier molecular flexibility index (Phi) is 26.7. The third-order valence-electron chi connectivity index (χ3n) is 0.454. The Morgan fingerprint density at radius 2 is 1.73 bits per heavy atom. The number of hydrogen-bond acceptors (Lipinski definition) is 2. The second kappa shape index (κ2) is 15.2. The molecule has 0 spiro atoms. The first-order chi connectivity index (χ1) is 4.50. The average Bonchev–Trinajstić information content (AvgIpc) is 1.62. The number of aliphatic carboxylic acids is 1. The molecule has 0 heterocycles. The Labute approximate surface area is 110 Å². The first kappa shape index (κ1) is 19.3. The maximum Gasteiger partial charge on any atom is 1.00 e. The fraction of sp³-hybridized carbons (Fsp3) is 0.750. The second-order valence-electron chi connectivity index (χ2n) is 1.34. The summed E-state index contributed by atoms with van der Waals surface area (Å²) in [4.78, 5) is 9.49. The number of carboxylic acids is 1. The monoisotopic (exact) mass is 355 g/mol. The molecule has 0 fully saturated rings. The van der Waals surface area contributed by atoms with Crippen LogP contribution in [0.15, 0.2) is 0 Å². The molecule has 0 aromatic rings. The molecule has 0 saturated carbocycles. The number of carboxylic acid groups (broad SMARTS) is 1. The van der Waals surface area contributed by atoms with E-state index in [2.05, 4.69) is 0 Å². The average molecular weight is 357 g/mol. The molecule has 2 nitrogen and oxygen atoms in total. The first-order valence-corrected chi connectivity index (χ1v) is 14.4. The Balaban J connectivity index is -0.000000114. The molecule has 0 bridgehead atoms. The second-order valence-corrected chi connectivity index (χ2v) is 15.2. The van der Waals surface area contributed by atoms with E-state index in [1.807, 2.05) is 0 Å². The van der Waals surface area contributed by atoms with Crippen LogP contribution in [0.25, 0.3) is 0 Å². The summed E-state index contributed by atoms with van der Waals surface area (Å²) in [6.45, 7) is 1.80. The zero-order chi connectivity index (χ0) is 8.57. The predicted molar refractivity (Wildman–Crippen MR) is 37.5 cm³/mol. The molecule has 0 saturated heterocycles. The summed E-state index contributed by atoms with van der Waals surface area (Å²) in [6, 6.07) is 0. The molecule has 0 aromatic heterocycles. The van der Waals surface area contributed by atoms with Gasteiger partial charge < -0.3 is 9.90 Å². The van der Waals surface area contributed by atoms with Crippen molar-refractivity contribution >= 4 is 22.9 Å². The van der Waals surface area contributed by atoms with Gasteiger partial charge in [-0.2, -0.15) is 0 Å². The molecular weight excluding hydrogens is 350 g/mol. The van der Waals surface area contributed by atoms with Crippen LogP contribution in [0.3, 0.4) is 0 Å². The number of carbonyl (C=O) groups excluding carboxylic acids is 1. The molecule has 0 aliphatic heterocycles. The normalized spacial score (nSPS) is 6.91. The summed E-state index contributed by atoms with van der Waals surface area (Å²) in [7, 11) is 0. The molecule has 0 atom stereocenters. The van der Waals surface area contributed by atoms with Gasteiger partial charge in [0.2, 0.25) is 0 Å². The van der Waals surface area contributed by atoms with E-state index in [9.17, 15) is 9.90 Å². The number of halogens is 3. The molecule has 0 aliphatic rings. The smallest absolute Gasteiger partial charge is 1.00 e.